The second-order valence-electron chi connectivity index (χ2n) is 2.55. The molecule has 0 bridgehead atoms. The summed E-state index contributed by atoms with van der Waals surface area (Å²) in [7, 11) is 0. The van der Waals surface area contributed by atoms with E-state index in [0.29, 0.717) is 6.61 Å². The quantitative estimate of drug-likeness (QED) is 0.680. The molecule has 0 aliphatic heterocycles. The Labute approximate surface area is 76.2 Å². The average molecular weight is 181 g/mol. The maximum absolute atomic E-state index is 10.1. The van der Waals surface area contributed by atoms with Crippen molar-refractivity contribution in [2.24, 2.45) is 0 Å². The van der Waals surface area contributed by atoms with Gasteiger partial charge in [0.1, 0.15) is 6.61 Å². The van der Waals surface area contributed by atoms with E-state index >= 15 is 0 Å². The fourth-order valence-corrected chi connectivity index (χ4v) is 0.899. The third-order valence-corrected chi connectivity index (χ3v) is 1.51. The number of carbonyl (C=O) groups is 1. The van der Waals surface area contributed by atoms with Gasteiger partial charge in [-0.05, 0) is 24.1 Å². The molecule has 0 fully saturated rings. The number of pyridine rings is 1. The number of rotatable bonds is 5. The van der Waals surface area contributed by atoms with E-state index < -0.39 is 5.97 Å². The van der Waals surface area contributed by atoms with Crippen molar-refractivity contribution in [1.82, 2.24) is 4.98 Å². The third kappa shape index (κ3) is 4.22. The zero-order valence-electron chi connectivity index (χ0n) is 7.14. The molecule has 4 nitrogen and oxygen atoms in total. The van der Waals surface area contributed by atoms with Gasteiger partial charge in [0.25, 0.3) is 0 Å². The predicted molar refractivity (Wildman–Crippen MR) is 46.4 cm³/mol. The minimum absolute atomic E-state index is 0.231. The molecule has 0 unspecified atom stereocenters. The minimum Gasteiger partial charge on any atom is -0.480 e. The van der Waals surface area contributed by atoms with E-state index in [1.807, 2.05) is 12.1 Å². The molecule has 0 aliphatic carbocycles. The smallest absolute Gasteiger partial charge is 0.329 e. The first kappa shape index (κ1) is 9.67. The van der Waals surface area contributed by atoms with Crippen LogP contribution < -0.4 is 0 Å². The Kier molecular flexibility index (Phi) is 3.92. The molecule has 0 aromatic carbocycles. The first-order chi connectivity index (χ1) is 6.29. The summed E-state index contributed by atoms with van der Waals surface area (Å²) in [5, 5.41) is 8.28. The normalized spacial score (nSPS) is 9.85. The highest BCUT2D eigenvalue weighted by Crippen LogP contribution is 1.97. The maximum Gasteiger partial charge on any atom is 0.329 e. The molecule has 1 heterocycles. The summed E-state index contributed by atoms with van der Waals surface area (Å²) in [5.74, 6) is -0.935. The van der Waals surface area contributed by atoms with Gasteiger partial charge in [-0.15, -0.1) is 0 Å². The standard InChI is InChI=1S/C9H11NO3/c11-9(12)7-13-6-3-8-1-4-10-5-2-8/h1-2,4-5H,3,6-7H2,(H,11,12). The molecule has 1 aromatic heterocycles. The highest BCUT2D eigenvalue weighted by molar-refractivity contribution is 5.67. The minimum atomic E-state index is -0.935. The number of aromatic nitrogens is 1. The van der Waals surface area contributed by atoms with Gasteiger partial charge in [0.15, 0.2) is 0 Å². The van der Waals surface area contributed by atoms with Crippen molar-refractivity contribution in [3.05, 3.63) is 30.1 Å². The number of hydrogen-bond donors (Lipinski definition) is 1. The van der Waals surface area contributed by atoms with Crippen molar-refractivity contribution >= 4 is 5.97 Å². The molecule has 0 amide bonds. The van der Waals surface area contributed by atoms with E-state index in [2.05, 4.69) is 4.98 Å². The van der Waals surface area contributed by atoms with Crippen LogP contribution >= 0.6 is 0 Å². The fraction of sp³-hybridized carbons (Fsp3) is 0.333. The Bertz CT molecular complexity index is 261. The summed E-state index contributed by atoms with van der Waals surface area (Å²) in [4.78, 5) is 13.9. The highest BCUT2D eigenvalue weighted by atomic mass is 16.5. The molecule has 13 heavy (non-hydrogen) atoms. The van der Waals surface area contributed by atoms with E-state index in [9.17, 15) is 4.79 Å². The van der Waals surface area contributed by atoms with Gasteiger partial charge in [0, 0.05) is 12.4 Å². The lowest BCUT2D eigenvalue weighted by atomic mass is 10.2. The van der Waals surface area contributed by atoms with Crippen molar-refractivity contribution < 1.29 is 14.6 Å². The molecule has 1 aromatic rings. The number of nitrogens with zero attached hydrogens (tertiary/aromatic N) is 1. The summed E-state index contributed by atoms with van der Waals surface area (Å²) < 4.78 is 4.88. The molecule has 0 saturated heterocycles. The highest BCUT2D eigenvalue weighted by Gasteiger charge is 1.96. The zero-order chi connectivity index (χ0) is 9.52. The number of carboxylic acid groups (broad SMARTS) is 1. The molecule has 1 rings (SSSR count). The van der Waals surface area contributed by atoms with E-state index in [-0.39, 0.29) is 6.61 Å². The second kappa shape index (κ2) is 5.27. The van der Waals surface area contributed by atoms with Crippen molar-refractivity contribution in [2.45, 2.75) is 6.42 Å². The number of aliphatic carboxylic acids is 1. The lowest BCUT2D eigenvalue weighted by Gasteiger charge is -2.00. The molecule has 4 heteroatoms. The van der Waals surface area contributed by atoms with Crippen LogP contribution in [0.3, 0.4) is 0 Å². The van der Waals surface area contributed by atoms with Crippen LogP contribution in [0.25, 0.3) is 0 Å². The second-order valence-corrected chi connectivity index (χ2v) is 2.55. The summed E-state index contributed by atoms with van der Waals surface area (Å²) in [6, 6.07) is 3.76. The molecular formula is C9H11NO3. The molecule has 1 N–H and O–H groups in total. The van der Waals surface area contributed by atoms with Crippen LogP contribution in [0, 0.1) is 0 Å². The van der Waals surface area contributed by atoms with E-state index in [1.165, 1.54) is 0 Å². The van der Waals surface area contributed by atoms with Crippen LogP contribution in [0.5, 0.6) is 0 Å². The van der Waals surface area contributed by atoms with Crippen LogP contribution in [0.2, 0.25) is 0 Å². The molecule has 0 aliphatic rings. The molecular weight excluding hydrogens is 170 g/mol. The Morgan fingerprint density at radius 2 is 2.15 bits per heavy atom. The van der Waals surface area contributed by atoms with Gasteiger partial charge >= 0.3 is 5.97 Å². The molecule has 0 spiro atoms. The third-order valence-electron chi connectivity index (χ3n) is 1.51. The lowest BCUT2D eigenvalue weighted by Crippen LogP contribution is -2.08. The lowest BCUT2D eigenvalue weighted by molar-refractivity contribution is -0.142. The van der Waals surface area contributed by atoms with Crippen molar-refractivity contribution in [2.75, 3.05) is 13.2 Å². The van der Waals surface area contributed by atoms with Crippen molar-refractivity contribution in [1.29, 1.82) is 0 Å². The summed E-state index contributed by atoms with van der Waals surface area (Å²) >= 11 is 0. The van der Waals surface area contributed by atoms with Crippen LogP contribution in [-0.2, 0) is 16.0 Å². The summed E-state index contributed by atoms with van der Waals surface area (Å²) in [6.07, 6.45) is 4.12. The van der Waals surface area contributed by atoms with Crippen molar-refractivity contribution in [3.8, 4) is 0 Å². The first-order valence-electron chi connectivity index (χ1n) is 3.97. The summed E-state index contributed by atoms with van der Waals surface area (Å²) in [5.41, 5.74) is 1.10. The largest absolute Gasteiger partial charge is 0.480 e. The number of hydrogen-bond acceptors (Lipinski definition) is 3. The van der Waals surface area contributed by atoms with Gasteiger partial charge in [-0.3, -0.25) is 4.98 Å². The molecule has 70 valence electrons. The van der Waals surface area contributed by atoms with Crippen molar-refractivity contribution in [3.63, 3.8) is 0 Å². The Hall–Kier alpha value is -1.42. The van der Waals surface area contributed by atoms with Gasteiger partial charge in [-0.1, -0.05) is 0 Å². The predicted octanol–water partition coefficient (Wildman–Crippen LogP) is 0.725. The van der Waals surface area contributed by atoms with Crippen LogP contribution in [0.4, 0.5) is 0 Å². The Balaban J connectivity index is 2.17. The number of carboxylic acids is 1. The SMILES string of the molecule is O=C(O)COCCc1ccncc1. The molecule has 0 radical (unpaired) electrons. The topological polar surface area (TPSA) is 59.4 Å². The summed E-state index contributed by atoms with van der Waals surface area (Å²) in [6.45, 7) is 0.196. The van der Waals surface area contributed by atoms with Gasteiger partial charge in [-0.25, -0.2) is 4.79 Å². The van der Waals surface area contributed by atoms with E-state index in [0.717, 1.165) is 12.0 Å². The Morgan fingerprint density at radius 3 is 2.77 bits per heavy atom. The van der Waals surface area contributed by atoms with Gasteiger partial charge < -0.3 is 9.84 Å². The van der Waals surface area contributed by atoms with Gasteiger partial charge in [0.05, 0.1) is 6.61 Å². The van der Waals surface area contributed by atoms with E-state index in [1.54, 1.807) is 12.4 Å². The monoisotopic (exact) mass is 181 g/mol. The Morgan fingerprint density at radius 1 is 1.46 bits per heavy atom. The fourth-order valence-electron chi connectivity index (χ4n) is 0.899. The maximum atomic E-state index is 10.1. The van der Waals surface area contributed by atoms with E-state index in [4.69, 9.17) is 9.84 Å². The van der Waals surface area contributed by atoms with Gasteiger partial charge in [0.2, 0.25) is 0 Å². The van der Waals surface area contributed by atoms with Gasteiger partial charge in [-0.2, -0.15) is 0 Å². The van der Waals surface area contributed by atoms with Crippen LogP contribution in [0.1, 0.15) is 5.56 Å². The van der Waals surface area contributed by atoms with Crippen LogP contribution in [-0.4, -0.2) is 29.3 Å². The van der Waals surface area contributed by atoms with Crippen LogP contribution in [0.15, 0.2) is 24.5 Å². The number of ether oxygens (including phenoxy) is 1. The molecule has 0 atom stereocenters. The first-order valence-corrected chi connectivity index (χ1v) is 3.97. The average Bonchev–Trinajstić information content (AvgIpc) is 2.14. The zero-order valence-corrected chi connectivity index (χ0v) is 7.14. The molecule has 0 saturated carbocycles.